The summed E-state index contributed by atoms with van der Waals surface area (Å²) in [6, 6.07) is 10.4. The van der Waals surface area contributed by atoms with E-state index in [1.165, 1.54) is 12.1 Å². The molecule has 1 aliphatic carbocycles. The largest absolute Gasteiger partial charge is 0.349 e. The smallest absolute Gasteiger partial charge is 0.325 e. The van der Waals surface area contributed by atoms with Crippen molar-refractivity contribution in [2.75, 3.05) is 5.32 Å². The van der Waals surface area contributed by atoms with E-state index in [9.17, 15) is 14.4 Å². The molecule has 5 rings (SSSR count). The number of rotatable bonds is 3. The van der Waals surface area contributed by atoms with Crippen LogP contribution in [-0.4, -0.2) is 20.7 Å². The van der Waals surface area contributed by atoms with Gasteiger partial charge in [0.1, 0.15) is 6.07 Å². The third kappa shape index (κ3) is 3.05. The first-order chi connectivity index (χ1) is 14.8. The van der Waals surface area contributed by atoms with Crippen LogP contribution in [0.3, 0.4) is 0 Å². The molecule has 2 N–H and O–H groups in total. The number of anilines is 1. The summed E-state index contributed by atoms with van der Waals surface area (Å²) in [5, 5.41) is 16.3. The minimum atomic E-state index is -0.865. The van der Waals surface area contributed by atoms with E-state index < -0.39 is 22.4 Å². The molecule has 31 heavy (non-hydrogen) atoms. The predicted molar refractivity (Wildman–Crippen MR) is 114 cm³/mol. The first-order valence-electron chi connectivity index (χ1n) is 9.39. The van der Waals surface area contributed by atoms with Crippen molar-refractivity contribution in [2.24, 2.45) is 0 Å². The lowest BCUT2D eigenvalue weighted by Gasteiger charge is -2.12. The second kappa shape index (κ2) is 6.80. The Morgan fingerprint density at radius 3 is 2.48 bits per heavy atom. The number of benzene rings is 2. The van der Waals surface area contributed by atoms with Crippen LogP contribution in [0.1, 0.15) is 35.2 Å². The van der Waals surface area contributed by atoms with Gasteiger partial charge >= 0.3 is 5.69 Å². The Morgan fingerprint density at radius 1 is 1.13 bits per heavy atom. The highest BCUT2D eigenvalue weighted by molar-refractivity contribution is 6.36. The van der Waals surface area contributed by atoms with Gasteiger partial charge in [-0.3, -0.25) is 14.6 Å². The molecule has 10 heteroatoms. The number of halogens is 2. The van der Waals surface area contributed by atoms with Crippen molar-refractivity contribution < 1.29 is 4.79 Å². The van der Waals surface area contributed by atoms with Gasteiger partial charge in [-0.2, -0.15) is 9.94 Å². The molecule has 8 nitrogen and oxygen atoms in total. The summed E-state index contributed by atoms with van der Waals surface area (Å²) in [4.78, 5) is 38.0. The molecule has 1 spiro atoms. The number of nitriles is 1. The molecule has 0 radical (unpaired) electrons. The molecule has 0 bridgehead atoms. The van der Waals surface area contributed by atoms with E-state index in [1.807, 2.05) is 23.2 Å². The van der Waals surface area contributed by atoms with Crippen molar-refractivity contribution in [3.8, 4) is 11.8 Å². The first-order valence-corrected chi connectivity index (χ1v) is 10.1. The van der Waals surface area contributed by atoms with Gasteiger partial charge in [-0.25, -0.2) is 4.79 Å². The van der Waals surface area contributed by atoms with Crippen LogP contribution in [0.5, 0.6) is 0 Å². The number of aromatic nitrogens is 3. The van der Waals surface area contributed by atoms with Crippen LogP contribution in [0.4, 0.5) is 5.69 Å². The summed E-state index contributed by atoms with van der Waals surface area (Å²) in [6.07, 6.45) is 2.11. The normalized spacial score (nSPS) is 15.5. The molecule has 1 aliphatic heterocycles. The number of nitrogens with one attached hydrogen (secondary N) is 2. The molecule has 1 fully saturated rings. The molecule has 0 saturated heterocycles. The zero-order chi connectivity index (χ0) is 21.9. The molecule has 0 unspecified atom stereocenters. The van der Waals surface area contributed by atoms with E-state index in [-0.39, 0.29) is 11.6 Å². The summed E-state index contributed by atoms with van der Waals surface area (Å²) in [7, 11) is 0. The summed E-state index contributed by atoms with van der Waals surface area (Å²) >= 11 is 12.9. The highest BCUT2D eigenvalue weighted by atomic mass is 35.5. The minimum Gasteiger partial charge on any atom is -0.325 e. The Balaban J connectivity index is 1.52. The number of amides is 1. The van der Waals surface area contributed by atoms with Crippen LogP contribution in [0.2, 0.25) is 10.0 Å². The number of hydrogen-bond acceptors (Lipinski definition) is 5. The third-order valence-electron chi connectivity index (χ3n) is 5.72. The zero-order valence-electron chi connectivity index (χ0n) is 15.8. The lowest BCUT2D eigenvalue weighted by molar-refractivity contribution is -0.117. The van der Waals surface area contributed by atoms with Crippen LogP contribution < -0.4 is 16.6 Å². The van der Waals surface area contributed by atoms with Gasteiger partial charge < -0.3 is 5.32 Å². The van der Waals surface area contributed by atoms with Gasteiger partial charge in [0, 0.05) is 22.2 Å². The lowest BCUT2D eigenvalue weighted by atomic mass is 9.94. The SMILES string of the molecule is N#Cc1nn(-c2cc(Cl)c(Cc3ccc4c(c3)C3(CC3)C(=O)N4)c(Cl)c2)c(=O)[nH]c1=O. The fourth-order valence-corrected chi connectivity index (χ4v) is 4.53. The highest BCUT2D eigenvalue weighted by Crippen LogP contribution is 2.55. The van der Waals surface area contributed by atoms with Crippen LogP contribution >= 0.6 is 23.2 Å². The topological polar surface area (TPSA) is 121 Å². The van der Waals surface area contributed by atoms with Crippen molar-refractivity contribution in [3.05, 3.63) is 83.6 Å². The van der Waals surface area contributed by atoms with E-state index in [0.29, 0.717) is 22.0 Å². The van der Waals surface area contributed by atoms with E-state index in [2.05, 4.69) is 10.4 Å². The summed E-state index contributed by atoms with van der Waals surface area (Å²) < 4.78 is 0.866. The van der Waals surface area contributed by atoms with Crippen molar-refractivity contribution in [3.63, 3.8) is 0 Å². The fourth-order valence-electron chi connectivity index (χ4n) is 3.93. The molecule has 0 atom stereocenters. The third-order valence-corrected chi connectivity index (χ3v) is 6.39. The number of hydrogen-bond donors (Lipinski definition) is 2. The lowest BCUT2D eigenvalue weighted by Crippen LogP contribution is -2.33. The van der Waals surface area contributed by atoms with E-state index in [0.717, 1.165) is 34.3 Å². The zero-order valence-corrected chi connectivity index (χ0v) is 17.3. The maximum Gasteiger partial charge on any atom is 0.349 e. The quantitative estimate of drug-likeness (QED) is 0.631. The Kier molecular flexibility index (Phi) is 4.29. The Labute approximate surface area is 185 Å². The van der Waals surface area contributed by atoms with Gasteiger partial charge in [-0.05, 0) is 47.7 Å². The van der Waals surface area contributed by atoms with Gasteiger partial charge in [0.15, 0.2) is 0 Å². The van der Waals surface area contributed by atoms with E-state index >= 15 is 0 Å². The standard InChI is InChI=1S/C21H13Cl2N5O3/c22-14-7-11(28-20(31)26-18(29)17(9-24)27-28)8-15(23)12(14)5-10-1-2-16-13(6-10)21(3-4-21)19(30)25-16/h1-2,6-8H,3-5H2,(H,25,30)(H,26,29,31). The van der Waals surface area contributed by atoms with Crippen molar-refractivity contribution in [1.29, 1.82) is 5.26 Å². The van der Waals surface area contributed by atoms with Gasteiger partial charge in [0.05, 0.1) is 11.1 Å². The Bertz CT molecular complexity index is 1420. The number of aromatic amines is 1. The Hall–Kier alpha value is -3.41. The maximum atomic E-state index is 12.2. The molecule has 1 saturated carbocycles. The number of fused-ring (bicyclic) bond motifs is 2. The molecule has 1 aromatic heterocycles. The van der Waals surface area contributed by atoms with Gasteiger partial charge in [0.2, 0.25) is 11.6 Å². The molecule has 154 valence electrons. The number of carbonyl (C=O) groups excluding carboxylic acids is 1. The van der Waals surface area contributed by atoms with Gasteiger partial charge in [-0.15, -0.1) is 5.10 Å². The molecule has 2 heterocycles. The second-order valence-electron chi connectivity index (χ2n) is 7.61. The average molecular weight is 454 g/mol. The van der Waals surface area contributed by atoms with Gasteiger partial charge in [-0.1, -0.05) is 35.3 Å². The summed E-state index contributed by atoms with van der Waals surface area (Å²) in [5.41, 5.74) is 1.14. The predicted octanol–water partition coefficient (Wildman–Crippen LogP) is 2.67. The first kappa shape index (κ1) is 19.5. The van der Waals surface area contributed by atoms with Crippen molar-refractivity contribution in [2.45, 2.75) is 24.7 Å². The Morgan fingerprint density at radius 2 is 1.84 bits per heavy atom. The average Bonchev–Trinajstić information content (AvgIpc) is 3.48. The highest BCUT2D eigenvalue weighted by Gasteiger charge is 2.56. The summed E-state index contributed by atoms with van der Waals surface area (Å²) in [6.45, 7) is 0. The maximum absolute atomic E-state index is 12.2. The summed E-state index contributed by atoms with van der Waals surface area (Å²) in [5.74, 6) is 0.0515. The number of carbonyl (C=O) groups is 1. The van der Waals surface area contributed by atoms with Crippen LogP contribution in [-0.2, 0) is 16.6 Å². The monoisotopic (exact) mass is 453 g/mol. The minimum absolute atomic E-state index is 0.0515. The van der Waals surface area contributed by atoms with E-state index in [4.69, 9.17) is 28.5 Å². The molecular formula is C21H13Cl2N5O3. The number of H-pyrrole nitrogens is 1. The van der Waals surface area contributed by atoms with Crippen molar-refractivity contribution in [1.82, 2.24) is 14.8 Å². The molecule has 2 aliphatic rings. The van der Waals surface area contributed by atoms with E-state index in [1.54, 1.807) is 6.07 Å². The van der Waals surface area contributed by atoms with Crippen molar-refractivity contribution >= 4 is 34.8 Å². The second-order valence-corrected chi connectivity index (χ2v) is 8.43. The molecule has 3 aromatic rings. The molecular weight excluding hydrogens is 441 g/mol. The molecule has 2 aromatic carbocycles. The van der Waals surface area contributed by atoms with Crippen LogP contribution in [0.15, 0.2) is 39.9 Å². The number of nitrogens with zero attached hydrogens (tertiary/aromatic N) is 3. The van der Waals surface area contributed by atoms with Gasteiger partial charge in [0.25, 0.3) is 5.56 Å². The molecule has 1 amide bonds. The fraction of sp³-hybridized carbons (Fsp3) is 0.190. The van der Waals surface area contributed by atoms with Crippen LogP contribution in [0, 0.1) is 11.3 Å². The van der Waals surface area contributed by atoms with Crippen LogP contribution in [0.25, 0.3) is 5.69 Å².